The van der Waals surface area contributed by atoms with Crippen LogP contribution in [0.15, 0.2) is 24.4 Å². The van der Waals surface area contributed by atoms with Gasteiger partial charge in [-0.15, -0.1) is 0 Å². The van der Waals surface area contributed by atoms with E-state index in [9.17, 15) is 5.11 Å². The summed E-state index contributed by atoms with van der Waals surface area (Å²) in [5.74, 6) is 0. The van der Waals surface area contributed by atoms with Gasteiger partial charge in [0.2, 0.25) is 0 Å². The molecule has 1 atom stereocenters. The Morgan fingerprint density at radius 1 is 1.47 bits per heavy atom. The minimum atomic E-state index is -0.509. The van der Waals surface area contributed by atoms with Crippen molar-refractivity contribution in [1.29, 1.82) is 0 Å². The summed E-state index contributed by atoms with van der Waals surface area (Å²) in [6.45, 7) is 0.474. The van der Waals surface area contributed by atoms with E-state index in [4.69, 9.17) is 17.3 Å². The van der Waals surface area contributed by atoms with Crippen molar-refractivity contribution in [3.8, 4) is 0 Å². The molecular weight excluding hydrogens is 212 g/mol. The number of nitrogens with two attached hydrogens (primary N) is 1. The van der Waals surface area contributed by atoms with Crippen LogP contribution in [0.4, 0.5) is 0 Å². The Bertz CT molecular complexity index is 467. The molecule has 0 aliphatic carbocycles. The van der Waals surface area contributed by atoms with Gasteiger partial charge in [-0.2, -0.15) is 0 Å². The molecule has 80 valence electrons. The third-order valence-electron chi connectivity index (χ3n) is 2.47. The van der Waals surface area contributed by atoms with Gasteiger partial charge in [-0.25, -0.2) is 0 Å². The number of hydrogen-bond donors (Lipinski definition) is 3. The van der Waals surface area contributed by atoms with Crippen molar-refractivity contribution in [3.05, 3.63) is 35.0 Å². The maximum absolute atomic E-state index is 9.84. The summed E-state index contributed by atoms with van der Waals surface area (Å²) in [4.78, 5) is 3.08. The fraction of sp³-hybridized carbons (Fsp3) is 0.273. The van der Waals surface area contributed by atoms with Crippen LogP contribution in [0.3, 0.4) is 0 Å². The third-order valence-corrected chi connectivity index (χ3v) is 2.71. The quantitative estimate of drug-likeness (QED) is 0.749. The van der Waals surface area contributed by atoms with Gasteiger partial charge in [0.15, 0.2) is 0 Å². The van der Waals surface area contributed by atoms with E-state index in [1.165, 1.54) is 0 Å². The van der Waals surface area contributed by atoms with Crippen LogP contribution >= 0.6 is 11.6 Å². The molecule has 4 N–H and O–H groups in total. The van der Waals surface area contributed by atoms with Gasteiger partial charge in [0.1, 0.15) is 0 Å². The summed E-state index contributed by atoms with van der Waals surface area (Å²) in [5, 5.41) is 11.5. The monoisotopic (exact) mass is 224 g/mol. The average Bonchev–Trinajstić information content (AvgIpc) is 2.60. The molecule has 4 heteroatoms. The summed E-state index contributed by atoms with van der Waals surface area (Å²) in [6, 6.07) is 5.56. The Labute approximate surface area is 92.9 Å². The second-order valence-corrected chi connectivity index (χ2v) is 3.96. The maximum Gasteiger partial charge on any atom is 0.0822 e. The van der Waals surface area contributed by atoms with Gasteiger partial charge in [0, 0.05) is 27.7 Å². The standard InChI is InChI=1S/C11H13ClN2O/c12-7-1-2-8-9(11(15)3-4-13)6-14-10(8)5-7/h1-2,5-6,11,14-15H,3-4,13H2/t11-/m0/s1. The zero-order chi connectivity index (χ0) is 10.8. The molecular formula is C11H13ClN2O. The van der Waals surface area contributed by atoms with Crippen molar-refractivity contribution < 1.29 is 5.11 Å². The van der Waals surface area contributed by atoms with Crippen LogP contribution in [-0.4, -0.2) is 16.6 Å². The van der Waals surface area contributed by atoms with Gasteiger partial charge in [-0.05, 0) is 25.1 Å². The number of benzene rings is 1. The molecule has 0 saturated carbocycles. The molecule has 1 heterocycles. The Hall–Kier alpha value is -1.03. The lowest BCUT2D eigenvalue weighted by Crippen LogP contribution is -2.06. The van der Waals surface area contributed by atoms with E-state index in [2.05, 4.69) is 4.98 Å². The summed E-state index contributed by atoms with van der Waals surface area (Å²) in [7, 11) is 0. The number of aliphatic hydroxyl groups is 1. The smallest absolute Gasteiger partial charge is 0.0822 e. The highest BCUT2D eigenvalue weighted by Crippen LogP contribution is 2.27. The average molecular weight is 225 g/mol. The van der Waals surface area contributed by atoms with Gasteiger partial charge < -0.3 is 15.8 Å². The summed E-state index contributed by atoms with van der Waals surface area (Å²) in [5.41, 5.74) is 7.23. The van der Waals surface area contributed by atoms with E-state index in [0.717, 1.165) is 16.5 Å². The first-order chi connectivity index (χ1) is 7.22. The molecule has 15 heavy (non-hydrogen) atoms. The topological polar surface area (TPSA) is 62.0 Å². The van der Waals surface area contributed by atoms with Crippen LogP contribution in [0.5, 0.6) is 0 Å². The number of rotatable bonds is 3. The van der Waals surface area contributed by atoms with Crippen molar-refractivity contribution in [2.24, 2.45) is 5.73 Å². The maximum atomic E-state index is 9.84. The van der Waals surface area contributed by atoms with Crippen LogP contribution in [-0.2, 0) is 0 Å². The molecule has 2 rings (SSSR count). The van der Waals surface area contributed by atoms with Crippen LogP contribution in [0.1, 0.15) is 18.1 Å². The number of hydrogen-bond acceptors (Lipinski definition) is 2. The summed E-state index contributed by atoms with van der Waals surface area (Å²) in [6.07, 6.45) is 1.86. The SMILES string of the molecule is NCC[C@H](O)c1c[nH]c2cc(Cl)ccc12. The highest BCUT2D eigenvalue weighted by atomic mass is 35.5. The van der Waals surface area contributed by atoms with E-state index < -0.39 is 6.10 Å². The van der Waals surface area contributed by atoms with E-state index in [-0.39, 0.29) is 0 Å². The molecule has 0 bridgehead atoms. The molecule has 0 fully saturated rings. The highest BCUT2D eigenvalue weighted by molar-refractivity contribution is 6.31. The van der Waals surface area contributed by atoms with Gasteiger partial charge in [-0.1, -0.05) is 17.7 Å². The zero-order valence-corrected chi connectivity index (χ0v) is 8.96. The number of halogens is 1. The molecule has 1 aromatic carbocycles. The van der Waals surface area contributed by atoms with Crippen molar-refractivity contribution in [1.82, 2.24) is 4.98 Å². The number of aromatic amines is 1. The Kier molecular flexibility index (Phi) is 2.95. The number of fused-ring (bicyclic) bond motifs is 1. The molecule has 0 aliphatic rings. The van der Waals surface area contributed by atoms with Crippen molar-refractivity contribution in [2.75, 3.05) is 6.54 Å². The van der Waals surface area contributed by atoms with E-state index in [0.29, 0.717) is 18.0 Å². The predicted octanol–water partition coefficient (Wildman–Crippen LogP) is 2.20. The van der Waals surface area contributed by atoms with Gasteiger partial charge >= 0.3 is 0 Å². The van der Waals surface area contributed by atoms with Crippen molar-refractivity contribution >= 4 is 22.5 Å². The normalized spacial score (nSPS) is 13.3. The lowest BCUT2D eigenvalue weighted by Gasteiger charge is -2.07. The third kappa shape index (κ3) is 2.00. The molecule has 2 aromatic rings. The molecule has 1 aromatic heterocycles. The highest BCUT2D eigenvalue weighted by Gasteiger charge is 2.11. The number of aliphatic hydroxyl groups excluding tert-OH is 1. The molecule has 0 unspecified atom stereocenters. The van der Waals surface area contributed by atoms with Gasteiger partial charge in [0.05, 0.1) is 6.10 Å². The predicted molar refractivity (Wildman–Crippen MR) is 61.9 cm³/mol. The Morgan fingerprint density at radius 3 is 3.00 bits per heavy atom. The summed E-state index contributed by atoms with van der Waals surface area (Å²) < 4.78 is 0. The first-order valence-electron chi connectivity index (χ1n) is 4.87. The van der Waals surface area contributed by atoms with Crippen LogP contribution in [0.2, 0.25) is 5.02 Å². The first kappa shape index (κ1) is 10.5. The Balaban J connectivity index is 2.44. The molecule has 0 spiro atoms. The summed E-state index contributed by atoms with van der Waals surface area (Å²) >= 11 is 5.87. The van der Waals surface area contributed by atoms with Crippen LogP contribution < -0.4 is 5.73 Å². The lowest BCUT2D eigenvalue weighted by molar-refractivity contribution is 0.172. The van der Waals surface area contributed by atoms with E-state index >= 15 is 0 Å². The van der Waals surface area contributed by atoms with Gasteiger partial charge in [0.25, 0.3) is 0 Å². The van der Waals surface area contributed by atoms with Crippen molar-refractivity contribution in [3.63, 3.8) is 0 Å². The van der Waals surface area contributed by atoms with Crippen LogP contribution in [0.25, 0.3) is 10.9 Å². The lowest BCUT2D eigenvalue weighted by atomic mass is 10.1. The Morgan fingerprint density at radius 2 is 2.27 bits per heavy atom. The number of nitrogens with one attached hydrogen (secondary N) is 1. The second-order valence-electron chi connectivity index (χ2n) is 3.53. The number of H-pyrrole nitrogens is 1. The molecule has 0 radical (unpaired) electrons. The van der Waals surface area contributed by atoms with Gasteiger partial charge in [-0.3, -0.25) is 0 Å². The first-order valence-corrected chi connectivity index (χ1v) is 5.25. The molecule has 0 aliphatic heterocycles. The van der Waals surface area contributed by atoms with E-state index in [1.807, 2.05) is 18.2 Å². The minimum absolute atomic E-state index is 0.474. The minimum Gasteiger partial charge on any atom is -0.388 e. The fourth-order valence-electron chi connectivity index (χ4n) is 1.71. The fourth-order valence-corrected chi connectivity index (χ4v) is 1.88. The zero-order valence-electron chi connectivity index (χ0n) is 8.20. The molecule has 3 nitrogen and oxygen atoms in total. The van der Waals surface area contributed by atoms with Crippen LogP contribution in [0, 0.1) is 0 Å². The number of aromatic nitrogens is 1. The van der Waals surface area contributed by atoms with Crippen molar-refractivity contribution in [2.45, 2.75) is 12.5 Å². The largest absolute Gasteiger partial charge is 0.388 e. The van der Waals surface area contributed by atoms with E-state index in [1.54, 1.807) is 6.20 Å². The second kappa shape index (κ2) is 4.23. The molecule has 0 amide bonds. The molecule has 0 saturated heterocycles.